The van der Waals surface area contributed by atoms with Crippen molar-refractivity contribution in [3.63, 3.8) is 0 Å². The van der Waals surface area contributed by atoms with Crippen LogP contribution in [0.2, 0.25) is 0 Å². The Morgan fingerprint density at radius 1 is 1.44 bits per heavy atom. The van der Waals surface area contributed by atoms with Gasteiger partial charge in [0, 0.05) is 24.0 Å². The number of carbonyl (C=O) groups excluding carboxylic acids is 1. The van der Waals surface area contributed by atoms with Gasteiger partial charge in [-0.2, -0.15) is 0 Å². The van der Waals surface area contributed by atoms with E-state index >= 15 is 0 Å². The van der Waals surface area contributed by atoms with Crippen LogP contribution in [0.1, 0.15) is 25.3 Å². The van der Waals surface area contributed by atoms with E-state index in [-0.39, 0.29) is 5.91 Å². The number of hydrogen-bond acceptors (Lipinski definition) is 1. The van der Waals surface area contributed by atoms with Gasteiger partial charge >= 0.3 is 0 Å². The molecule has 1 unspecified atom stereocenters. The maximum Gasteiger partial charge on any atom is 0.219 e. The van der Waals surface area contributed by atoms with Crippen LogP contribution in [-0.4, -0.2) is 23.4 Å². The van der Waals surface area contributed by atoms with E-state index in [0.717, 1.165) is 30.3 Å². The Kier molecular flexibility index (Phi) is 3.64. The third kappa shape index (κ3) is 2.64. The second-order valence-corrected chi connectivity index (χ2v) is 5.25. The van der Waals surface area contributed by atoms with Crippen molar-refractivity contribution in [1.82, 2.24) is 4.90 Å². The molecule has 2 nitrogen and oxygen atoms in total. The van der Waals surface area contributed by atoms with Crippen LogP contribution in [-0.2, 0) is 11.2 Å². The summed E-state index contributed by atoms with van der Waals surface area (Å²) in [5.74, 6) is 0.208. The van der Waals surface area contributed by atoms with Gasteiger partial charge < -0.3 is 4.90 Å². The molecule has 1 aromatic rings. The highest BCUT2D eigenvalue weighted by atomic mass is 79.9. The minimum atomic E-state index is 0.208. The fourth-order valence-electron chi connectivity index (χ4n) is 2.36. The summed E-state index contributed by atoms with van der Waals surface area (Å²) in [6.45, 7) is 2.59. The molecule has 2 rings (SSSR count). The van der Waals surface area contributed by atoms with Crippen molar-refractivity contribution in [3.8, 4) is 0 Å². The fraction of sp³-hybridized carbons (Fsp3) is 0.462. The maximum absolute atomic E-state index is 11.4. The average molecular weight is 282 g/mol. The Balaban J connectivity index is 2.03. The van der Waals surface area contributed by atoms with E-state index in [9.17, 15) is 4.79 Å². The van der Waals surface area contributed by atoms with Crippen molar-refractivity contribution in [1.29, 1.82) is 0 Å². The molecule has 1 aromatic carbocycles. The molecule has 1 atom stereocenters. The number of carbonyl (C=O) groups is 1. The highest BCUT2D eigenvalue weighted by Crippen LogP contribution is 2.22. The van der Waals surface area contributed by atoms with E-state index in [2.05, 4.69) is 40.2 Å². The highest BCUT2D eigenvalue weighted by molar-refractivity contribution is 9.10. The number of hydrogen-bond donors (Lipinski definition) is 0. The van der Waals surface area contributed by atoms with Crippen molar-refractivity contribution in [2.75, 3.05) is 6.54 Å². The Morgan fingerprint density at radius 2 is 2.12 bits per heavy atom. The molecule has 0 radical (unpaired) electrons. The first kappa shape index (κ1) is 11.6. The molecule has 0 saturated carbocycles. The van der Waals surface area contributed by atoms with E-state index in [1.165, 1.54) is 5.56 Å². The summed E-state index contributed by atoms with van der Waals surface area (Å²) in [5, 5.41) is 0. The molecule has 1 amide bonds. The third-order valence-corrected chi connectivity index (χ3v) is 3.69. The van der Waals surface area contributed by atoms with Crippen LogP contribution < -0.4 is 0 Å². The van der Waals surface area contributed by atoms with Gasteiger partial charge in [0.1, 0.15) is 0 Å². The van der Waals surface area contributed by atoms with Crippen LogP contribution in [0.3, 0.4) is 0 Å². The molecule has 0 spiro atoms. The molecule has 1 heterocycles. The van der Waals surface area contributed by atoms with Gasteiger partial charge in [-0.25, -0.2) is 0 Å². The number of amides is 1. The number of likely N-dealkylation sites (tertiary alicyclic amines) is 1. The molecule has 16 heavy (non-hydrogen) atoms. The van der Waals surface area contributed by atoms with E-state index in [1.54, 1.807) is 6.92 Å². The number of halogens is 1. The second-order valence-electron chi connectivity index (χ2n) is 4.34. The zero-order valence-corrected chi connectivity index (χ0v) is 11.0. The lowest BCUT2D eigenvalue weighted by atomic mass is 10.0. The Labute approximate surface area is 105 Å². The minimum absolute atomic E-state index is 0.208. The average Bonchev–Trinajstić information content (AvgIpc) is 2.69. The SMILES string of the molecule is CC(=O)N1CCCC1Cc1ccc(Br)cc1. The Morgan fingerprint density at radius 3 is 2.75 bits per heavy atom. The van der Waals surface area contributed by atoms with Gasteiger partial charge in [0.25, 0.3) is 0 Å². The van der Waals surface area contributed by atoms with Gasteiger partial charge in [-0.1, -0.05) is 28.1 Å². The zero-order chi connectivity index (χ0) is 11.5. The summed E-state index contributed by atoms with van der Waals surface area (Å²) in [5.41, 5.74) is 1.31. The summed E-state index contributed by atoms with van der Waals surface area (Å²) in [6.07, 6.45) is 3.25. The first-order valence-corrected chi connectivity index (χ1v) is 6.48. The summed E-state index contributed by atoms with van der Waals surface area (Å²) in [7, 11) is 0. The molecule has 86 valence electrons. The highest BCUT2D eigenvalue weighted by Gasteiger charge is 2.26. The van der Waals surface area contributed by atoms with Crippen LogP contribution in [0.15, 0.2) is 28.7 Å². The molecule has 1 saturated heterocycles. The Hall–Kier alpha value is -0.830. The molecular formula is C13H16BrNO. The van der Waals surface area contributed by atoms with E-state index < -0.39 is 0 Å². The lowest BCUT2D eigenvalue weighted by molar-refractivity contribution is -0.129. The predicted molar refractivity (Wildman–Crippen MR) is 68.3 cm³/mol. The van der Waals surface area contributed by atoms with Crippen LogP contribution in [0.25, 0.3) is 0 Å². The summed E-state index contributed by atoms with van der Waals surface area (Å²) < 4.78 is 1.10. The molecule has 0 bridgehead atoms. The predicted octanol–water partition coefficient (Wildman–Crippen LogP) is 3.00. The van der Waals surface area contributed by atoms with Crippen LogP contribution in [0.5, 0.6) is 0 Å². The van der Waals surface area contributed by atoms with Crippen molar-refractivity contribution < 1.29 is 4.79 Å². The third-order valence-electron chi connectivity index (χ3n) is 3.17. The lowest BCUT2D eigenvalue weighted by Gasteiger charge is -2.23. The van der Waals surface area contributed by atoms with Gasteiger partial charge in [0.2, 0.25) is 5.91 Å². The smallest absolute Gasteiger partial charge is 0.219 e. The zero-order valence-electron chi connectivity index (χ0n) is 9.45. The molecule has 0 N–H and O–H groups in total. The van der Waals surface area contributed by atoms with Gasteiger partial charge in [-0.3, -0.25) is 4.79 Å². The van der Waals surface area contributed by atoms with Crippen LogP contribution in [0, 0.1) is 0 Å². The Bertz CT molecular complexity index is 374. The molecule has 0 aliphatic carbocycles. The van der Waals surface area contributed by atoms with E-state index in [4.69, 9.17) is 0 Å². The van der Waals surface area contributed by atoms with Gasteiger partial charge in [0.15, 0.2) is 0 Å². The van der Waals surface area contributed by atoms with Crippen molar-refractivity contribution >= 4 is 21.8 Å². The summed E-state index contributed by atoms with van der Waals surface area (Å²) in [6, 6.07) is 8.77. The maximum atomic E-state index is 11.4. The number of rotatable bonds is 2. The largest absolute Gasteiger partial charge is 0.340 e. The van der Waals surface area contributed by atoms with Gasteiger partial charge in [-0.05, 0) is 37.0 Å². The summed E-state index contributed by atoms with van der Waals surface area (Å²) >= 11 is 3.43. The minimum Gasteiger partial charge on any atom is -0.340 e. The van der Waals surface area contributed by atoms with Crippen molar-refractivity contribution in [3.05, 3.63) is 34.3 Å². The van der Waals surface area contributed by atoms with Crippen molar-refractivity contribution in [2.24, 2.45) is 0 Å². The molecular weight excluding hydrogens is 266 g/mol. The number of benzene rings is 1. The van der Waals surface area contributed by atoms with Gasteiger partial charge in [-0.15, -0.1) is 0 Å². The lowest BCUT2D eigenvalue weighted by Crippen LogP contribution is -2.34. The first-order chi connectivity index (χ1) is 7.66. The first-order valence-electron chi connectivity index (χ1n) is 5.68. The van der Waals surface area contributed by atoms with Crippen LogP contribution in [0.4, 0.5) is 0 Å². The quantitative estimate of drug-likeness (QED) is 0.816. The van der Waals surface area contributed by atoms with Crippen molar-refractivity contribution in [2.45, 2.75) is 32.2 Å². The monoisotopic (exact) mass is 281 g/mol. The fourth-order valence-corrected chi connectivity index (χ4v) is 2.62. The normalized spacial score (nSPS) is 20.1. The van der Waals surface area contributed by atoms with E-state index in [0.29, 0.717) is 6.04 Å². The number of nitrogens with zero attached hydrogens (tertiary/aromatic N) is 1. The summed E-state index contributed by atoms with van der Waals surface area (Å²) in [4.78, 5) is 13.4. The van der Waals surface area contributed by atoms with E-state index in [1.807, 2.05) is 4.90 Å². The van der Waals surface area contributed by atoms with Gasteiger partial charge in [0.05, 0.1) is 0 Å². The molecule has 1 aliphatic heterocycles. The topological polar surface area (TPSA) is 20.3 Å². The molecule has 0 aromatic heterocycles. The molecule has 1 fully saturated rings. The standard InChI is InChI=1S/C13H16BrNO/c1-10(16)15-8-2-3-13(15)9-11-4-6-12(14)7-5-11/h4-7,13H,2-3,8-9H2,1H3. The second kappa shape index (κ2) is 5.00. The molecule has 3 heteroatoms. The van der Waals surface area contributed by atoms with Crippen LogP contribution >= 0.6 is 15.9 Å². The molecule has 1 aliphatic rings.